The first-order valence-corrected chi connectivity index (χ1v) is 6.26. The lowest BCUT2D eigenvalue weighted by molar-refractivity contribution is -0.142. The number of nitrogens with zero attached hydrogens (tertiary/aromatic N) is 2. The molecule has 0 aromatic heterocycles. The average molecular weight is 271 g/mol. The number of carbonyl (C=O) groups excluding carboxylic acids is 2. The summed E-state index contributed by atoms with van der Waals surface area (Å²) in [6.45, 7) is 3.71. The molecule has 0 saturated carbocycles. The summed E-state index contributed by atoms with van der Waals surface area (Å²) < 4.78 is 0. The molecule has 1 aliphatic heterocycles. The van der Waals surface area contributed by atoms with Crippen LogP contribution in [-0.2, 0) is 9.59 Å². The van der Waals surface area contributed by atoms with Gasteiger partial charge in [-0.2, -0.15) is 0 Å². The third kappa shape index (κ3) is 3.36. The fraction of sp³-hybridized carbons (Fsp3) is 0.750. The molecule has 1 saturated heterocycles. The minimum Gasteiger partial charge on any atom is -0.481 e. The van der Waals surface area contributed by atoms with Gasteiger partial charge in [-0.25, -0.2) is 4.79 Å². The van der Waals surface area contributed by atoms with E-state index in [-0.39, 0.29) is 18.0 Å². The average Bonchev–Trinajstić information content (AvgIpc) is 2.69. The Hall–Kier alpha value is -1.79. The number of carboxylic acid groups (broad SMARTS) is 1. The molecular weight excluding hydrogens is 250 g/mol. The predicted molar refractivity (Wildman–Crippen MR) is 68.6 cm³/mol. The molecule has 2 N–H and O–H groups in total. The van der Waals surface area contributed by atoms with E-state index in [9.17, 15) is 14.4 Å². The molecule has 1 fully saturated rings. The van der Waals surface area contributed by atoms with Gasteiger partial charge in [0.05, 0.1) is 5.92 Å². The molecule has 108 valence electrons. The number of hydrogen-bond donors (Lipinski definition) is 2. The summed E-state index contributed by atoms with van der Waals surface area (Å²) in [6, 6.07) is -1.38. The van der Waals surface area contributed by atoms with Gasteiger partial charge in [-0.05, 0) is 20.3 Å². The maximum absolute atomic E-state index is 12.0. The van der Waals surface area contributed by atoms with Gasteiger partial charge in [-0.1, -0.05) is 0 Å². The molecule has 3 unspecified atom stereocenters. The molecule has 7 heteroatoms. The second kappa shape index (κ2) is 5.90. The van der Waals surface area contributed by atoms with Gasteiger partial charge in [0.1, 0.15) is 6.04 Å². The standard InChI is InChI=1S/C12H21N3O4/c1-7(10(16)14(3)4)13-12(19)15-6-5-9(8(15)2)11(17)18/h7-9H,5-6H2,1-4H3,(H,13,19)(H,17,18). The van der Waals surface area contributed by atoms with Crippen LogP contribution in [0.4, 0.5) is 4.79 Å². The summed E-state index contributed by atoms with van der Waals surface area (Å²) in [6.07, 6.45) is 0.444. The molecule has 19 heavy (non-hydrogen) atoms. The highest BCUT2D eigenvalue weighted by Crippen LogP contribution is 2.24. The first kappa shape index (κ1) is 15.3. The number of aliphatic carboxylic acids is 1. The molecule has 0 aromatic rings. The highest BCUT2D eigenvalue weighted by molar-refractivity contribution is 5.87. The van der Waals surface area contributed by atoms with E-state index in [0.717, 1.165) is 0 Å². The Morgan fingerprint density at radius 3 is 2.37 bits per heavy atom. The van der Waals surface area contributed by atoms with Crippen LogP contribution in [-0.4, -0.2) is 65.5 Å². The largest absolute Gasteiger partial charge is 0.481 e. The Balaban J connectivity index is 2.60. The fourth-order valence-electron chi connectivity index (χ4n) is 2.27. The SMILES string of the molecule is CC(NC(=O)N1CCC(C(=O)O)C1C)C(=O)N(C)C. The maximum atomic E-state index is 12.0. The van der Waals surface area contributed by atoms with Gasteiger partial charge in [0.25, 0.3) is 0 Å². The monoisotopic (exact) mass is 271 g/mol. The zero-order chi connectivity index (χ0) is 14.7. The summed E-state index contributed by atoms with van der Waals surface area (Å²) in [5, 5.41) is 11.6. The van der Waals surface area contributed by atoms with E-state index >= 15 is 0 Å². The van der Waals surface area contributed by atoms with Gasteiger partial charge in [0, 0.05) is 26.7 Å². The molecule has 7 nitrogen and oxygen atoms in total. The first-order valence-electron chi connectivity index (χ1n) is 6.26. The van der Waals surface area contributed by atoms with Crippen LogP contribution < -0.4 is 5.32 Å². The van der Waals surface area contributed by atoms with Crippen LogP contribution in [0.2, 0.25) is 0 Å². The Morgan fingerprint density at radius 2 is 1.95 bits per heavy atom. The third-order valence-electron chi connectivity index (χ3n) is 3.48. The second-order valence-corrected chi connectivity index (χ2v) is 5.07. The summed E-state index contributed by atoms with van der Waals surface area (Å²) in [5.74, 6) is -1.62. The lowest BCUT2D eigenvalue weighted by Gasteiger charge is -2.26. The Bertz CT molecular complexity index is 383. The van der Waals surface area contributed by atoms with Gasteiger partial charge >= 0.3 is 12.0 Å². The van der Waals surface area contributed by atoms with Gasteiger partial charge in [0.2, 0.25) is 5.91 Å². The van der Waals surface area contributed by atoms with Crippen LogP contribution >= 0.6 is 0 Å². The molecule has 0 aliphatic carbocycles. The topological polar surface area (TPSA) is 90.0 Å². The van der Waals surface area contributed by atoms with Crippen LogP contribution in [0.3, 0.4) is 0 Å². The third-order valence-corrected chi connectivity index (χ3v) is 3.48. The molecule has 0 radical (unpaired) electrons. The number of nitrogens with one attached hydrogen (secondary N) is 1. The zero-order valence-electron chi connectivity index (χ0n) is 11.7. The molecule has 1 aliphatic rings. The number of likely N-dealkylation sites (tertiary alicyclic amines) is 1. The lowest BCUT2D eigenvalue weighted by atomic mass is 10.0. The zero-order valence-corrected chi connectivity index (χ0v) is 11.7. The molecule has 0 bridgehead atoms. The van der Waals surface area contributed by atoms with E-state index in [4.69, 9.17) is 5.11 Å². The maximum Gasteiger partial charge on any atom is 0.318 e. The van der Waals surface area contributed by atoms with E-state index in [1.165, 1.54) is 9.80 Å². The van der Waals surface area contributed by atoms with Crippen LogP contribution in [0.1, 0.15) is 20.3 Å². The lowest BCUT2D eigenvalue weighted by Crippen LogP contribution is -2.51. The number of hydrogen-bond acceptors (Lipinski definition) is 3. The van der Waals surface area contributed by atoms with Crippen molar-refractivity contribution >= 4 is 17.9 Å². The smallest absolute Gasteiger partial charge is 0.318 e. The first-order chi connectivity index (χ1) is 8.75. The Morgan fingerprint density at radius 1 is 1.37 bits per heavy atom. The van der Waals surface area contributed by atoms with Crippen molar-refractivity contribution in [2.24, 2.45) is 5.92 Å². The molecule has 1 rings (SSSR count). The summed E-state index contributed by atoms with van der Waals surface area (Å²) in [5.41, 5.74) is 0. The molecule has 3 amide bonds. The van der Waals surface area contributed by atoms with Gasteiger partial charge in [0.15, 0.2) is 0 Å². The normalized spacial score (nSPS) is 23.9. The minimum atomic E-state index is -0.889. The Kier molecular flexibility index (Phi) is 4.74. The van der Waals surface area contributed by atoms with Crippen molar-refractivity contribution < 1.29 is 19.5 Å². The van der Waals surface area contributed by atoms with Gasteiger partial charge < -0.3 is 20.2 Å². The van der Waals surface area contributed by atoms with Gasteiger partial charge in [-0.15, -0.1) is 0 Å². The molecular formula is C12H21N3O4. The molecule has 3 atom stereocenters. The predicted octanol–water partition coefficient (Wildman–Crippen LogP) is -0.0323. The van der Waals surface area contributed by atoms with Crippen molar-refractivity contribution in [3.8, 4) is 0 Å². The van der Waals surface area contributed by atoms with Crippen molar-refractivity contribution in [3.63, 3.8) is 0 Å². The number of rotatable bonds is 3. The molecule has 0 aromatic carbocycles. The van der Waals surface area contributed by atoms with E-state index in [2.05, 4.69) is 5.32 Å². The number of amides is 3. The highest BCUT2D eigenvalue weighted by atomic mass is 16.4. The van der Waals surface area contributed by atoms with Crippen LogP contribution in [0, 0.1) is 5.92 Å². The summed E-state index contributed by atoms with van der Waals surface area (Å²) in [7, 11) is 3.23. The second-order valence-electron chi connectivity index (χ2n) is 5.07. The Labute approximate surface area is 112 Å². The fourth-order valence-corrected chi connectivity index (χ4v) is 2.27. The van der Waals surface area contributed by atoms with Crippen LogP contribution in [0.15, 0.2) is 0 Å². The van der Waals surface area contributed by atoms with Crippen molar-refractivity contribution in [3.05, 3.63) is 0 Å². The van der Waals surface area contributed by atoms with Crippen molar-refractivity contribution in [1.29, 1.82) is 0 Å². The minimum absolute atomic E-state index is 0.199. The number of urea groups is 1. The highest BCUT2D eigenvalue weighted by Gasteiger charge is 2.38. The van der Waals surface area contributed by atoms with Crippen molar-refractivity contribution in [1.82, 2.24) is 15.1 Å². The van der Waals surface area contributed by atoms with E-state index in [1.807, 2.05) is 0 Å². The van der Waals surface area contributed by atoms with Crippen LogP contribution in [0.25, 0.3) is 0 Å². The number of carboxylic acids is 1. The molecule has 1 heterocycles. The van der Waals surface area contributed by atoms with E-state index in [0.29, 0.717) is 13.0 Å². The number of likely N-dealkylation sites (N-methyl/N-ethyl adjacent to an activating group) is 1. The van der Waals surface area contributed by atoms with Crippen molar-refractivity contribution in [2.45, 2.75) is 32.4 Å². The number of carbonyl (C=O) groups is 3. The van der Waals surface area contributed by atoms with E-state index in [1.54, 1.807) is 27.9 Å². The molecule has 0 spiro atoms. The summed E-state index contributed by atoms with van der Waals surface area (Å²) >= 11 is 0. The summed E-state index contributed by atoms with van der Waals surface area (Å²) in [4.78, 5) is 37.5. The van der Waals surface area contributed by atoms with E-state index < -0.39 is 17.9 Å². The van der Waals surface area contributed by atoms with Gasteiger partial charge in [-0.3, -0.25) is 9.59 Å². The van der Waals surface area contributed by atoms with Crippen LogP contribution in [0.5, 0.6) is 0 Å². The quantitative estimate of drug-likeness (QED) is 0.754. The van der Waals surface area contributed by atoms with Crippen molar-refractivity contribution in [2.75, 3.05) is 20.6 Å².